The number of hydrogen-bond donors (Lipinski definition) is 4. The van der Waals surface area contributed by atoms with Gasteiger partial charge in [0.25, 0.3) is 0 Å². The molecule has 0 aliphatic carbocycles. The van der Waals surface area contributed by atoms with E-state index in [0.717, 1.165) is 50.7 Å². The molecule has 4 N–H and O–H groups in total. The van der Waals surface area contributed by atoms with Crippen molar-refractivity contribution >= 4 is 29.7 Å². The van der Waals surface area contributed by atoms with E-state index >= 15 is 0 Å². The maximum Gasteiger partial charge on any atom is 0.326 e. The van der Waals surface area contributed by atoms with Crippen LogP contribution in [0.1, 0.15) is 64.7 Å². The highest BCUT2D eigenvalue weighted by Crippen LogP contribution is 2.33. The number of amides is 3. The van der Waals surface area contributed by atoms with Gasteiger partial charge in [-0.1, -0.05) is 39.0 Å². The Kier molecular flexibility index (Phi) is 8.54. The van der Waals surface area contributed by atoms with Crippen molar-refractivity contribution in [3.8, 4) is 0 Å². The highest BCUT2D eigenvalue weighted by atomic mass is 32.2. The number of nitrogens with one attached hydrogen (secondary N) is 3. The molecule has 3 amide bonds. The lowest BCUT2D eigenvalue weighted by atomic mass is 10.0. The lowest BCUT2D eigenvalue weighted by molar-refractivity contribution is -0.142. The first kappa shape index (κ1) is 20.9. The largest absolute Gasteiger partial charge is 0.480 e. The van der Waals surface area contributed by atoms with Gasteiger partial charge in [-0.2, -0.15) is 11.8 Å². The second-order valence-corrected chi connectivity index (χ2v) is 8.45. The van der Waals surface area contributed by atoms with Crippen LogP contribution >= 0.6 is 11.8 Å². The van der Waals surface area contributed by atoms with Crippen molar-refractivity contribution in [1.82, 2.24) is 16.0 Å². The molecule has 148 valence electrons. The molecule has 2 heterocycles. The monoisotopic (exact) mass is 385 g/mol. The Morgan fingerprint density at radius 2 is 2.04 bits per heavy atom. The third kappa shape index (κ3) is 6.37. The molecule has 2 aliphatic heterocycles. The van der Waals surface area contributed by atoms with Crippen molar-refractivity contribution in [2.45, 2.75) is 88.1 Å². The van der Waals surface area contributed by atoms with Crippen LogP contribution in [-0.2, 0) is 9.59 Å². The topological polar surface area (TPSA) is 108 Å². The quantitative estimate of drug-likeness (QED) is 0.304. The molecular formula is C18H31N3O4S. The Labute approximate surface area is 159 Å². The smallest absolute Gasteiger partial charge is 0.326 e. The molecule has 0 aromatic carbocycles. The minimum absolute atomic E-state index is 0.0803. The SMILES string of the molecule is CCCCCCC(NC(=O)CCCC[C@@H]1SC[C@@H]2NC(=O)N[C@@H]21)C(=O)O. The van der Waals surface area contributed by atoms with Crippen molar-refractivity contribution in [2.24, 2.45) is 0 Å². The van der Waals surface area contributed by atoms with Crippen LogP contribution in [0, 0.1) is 0 Å². The number of carbonyl (C=O) groups excluding carboxylic acids is 2. The average molecular weight is 386 g/mol. The van der Waals surface area contributed by atoms with Gasteiger partial charge in [0.1, 0.15) is 6.04 Å². The van der Waals surface area contributed by atoms with Crippen LogP contribution in [0.5, 0.6) is 0 Å². The number of rotatable bonds is 12. The van der Waals surface area contributed by atoms with Gasteiger partial charge >= 0.3 is 12.0 Å². The van der Waals surface area contributed by atoms with E-state index < -0.39 is 12.0 Å². The van der Waals surface area contributed by atoms with Crippen molar-refractivity contribution in [1.29, 1.82) is 0 Å². The molecule has 26 heavy (non-hydrogen) atoms. The molecule has 0 spiro atoms. The van der Waals surface area contributed by atoms with Crippen molar-refractivity contribution in [3.05, 3.63) is 0 Å². The fourth-order valence-electron chi connectivity index (χ4n) is 3.57. The molecule has 2 saturated heterocycles. The van der Waals surface area contributed by atoms with Crippen LogP contribution in [0.3, 0.4) is 0 Å². The van der Waals surface area contributed by atoms with Gasteiger partial charge in [0.15, 0.2) is 0 Å². The fraction of sp³-hybridized carbons (Fsp3) is 0.833. The number of carboxylic acid groups (broad SMARTS) is 1. The Balaban J connectivity index is 1.60. The molecule has 2 rings (SSSR count). The summed E-state index contributed by atoms with van der Waals surface area (Å²) in [5.74, 6) is -0.194. The molecule has 2 fully saturated rings. The van der Waals surface area contributed by atoms with Gasteiger partial charge in [-0.05, 0) is 19.3 Å². The maximum atomic E-state index is 12.0. The van der Waals surface area contributed by atoms with Crippen molar-refractivity contribution in [2.75, 3.05) is 5.75 Å². The summed E-state index contributed by atoms with van der Waals surface area (Å²) in [6.07, 6.45) is 7.48. The van der Waals surface area contributed by atoms with Gasteiger partial charge in [0.2, 0.25) is 5.91 Å². The summed E-state index contributed by atoms with van der Waals surface area (Å²) in [6, 6.07) is -0.431. The Bertz CT molecular complexity index is 503. The third-order valence-corrected chi connectivity index (χ3v) is 6.57. The van der Waals surface area contributed by atoms with Crippen molar-refractivity contribution in [3.63, 3.8) is 0 Å². The summed E-state index contributed by atoms with van der Waals surface area (Å²) in [7, 11) is 0. The third-order valence-electron chi connectivity index (χ3n) is 5.06. The number of fused-ring (bicyclic) bond motifs is 1. The molecule has 0 saturated carbocycles. The van der Waals surface area contributed by atoms with Gasteiger partial charge in [0, 0.05) is 17.4 Å². The summed E-state index contributed by atoms with van der Waals surface area (Å²) < 4.78 is 0. The fourth-order valence-corrected chi connectivity index (χ4v) is 5.12. The van der Waals surface area contributed by atoms with Gasteiger partial charge in [-0.3, -0.25) is 4.79 Å². The number of hydrogen-bond acceptors (Lipinski definition) is 4. The summed E-state index contributed by atoms with van der Waals surface area (Å²) in [5.41, 5.74) is 0. The van der Waals surface area contributed by atoms with E-state index in [1.165, 1.54) is 0 Å². The molecule has 1 unspecified atom stereocenters. The molecule has 0 radical (unpaired) electrons. The Morgan fingerprint density at radius 3 is 2.77 bits per heavy atom. The zero-order valence-corrected chi connectivity index (χ0v) is 16.3. The Hall–Kier alpha value is -1.44. The first-order chi connectivity index (χ1) is 12.5. The number of unbranched alkanes of at least 4 members (excludes halogenated alkanes) is 4. The normalized spacial score (nSPS) is 25.3. The summed E-state index contributed by atoms with van der Waals surface area (Å²) in [5, 5.41) is 18.2. The molecule has 0 bridgehead atoms. The van der Waals surface area contributed by atoms with E-state index in [-0.39, 0.29) is 24.0 Å². The molecule has 0 aromatic rings. The van der Waals surface area contributed by atoms with Crippen LogP contribution in [0.2, 0.25) is 0 Å². The van der Waals surface area contributed by atoms with Crippen LogP contribution in [0.15, 0.2) is 0 Å². The van der Waals surface area contributed by atoms with E-state index in [1.807, 2.05) is 11.8 Å². The predicted molar refractivity (Wildman–Crippen MR) is 102 cm³/mol. The minimum atomic E-state index is -0.951. The van der Waals surface area contributed by atoms with E-state index in [4.69, 9.17) is 0 Å². The Morgan fingerprint density at radius 1 is 1.23 bits per heavy atom. The maximum absolute atomic E-state index is 12.0. The molecule has 7 nitrogen and oxygen atoms in total. The second-order valence-electron chi connectivity index (χ2n) is 7.18. The standard InChI is InChI=1S/C18H31N3O4S/c1-2-3-4-5-8-12(17(23)24)19-15(22)10-7-6-9-14-16-13(11-26-14)20-18(25)21-16/h12-14,16H,2-11H2,1H3,(H,19,22)(H,23,24)(H2,20,21,25)/t12?,13-,14-,16-/m0/s1. The van der Waals surface area contributed by atoms with Gasteiger partial charge in [-0.25, -0.2) is 9.59 Å². The number of thioether (sulfide) groups is 1. The van der Waals surface area contributed by atoms with Crippen molar-refractivity contribution < 1.29 is 19.5 Å². The second kappa shape index (κ2) is 10.6. The summed E-state index contributed by atoms with van der Waals surface area (Å²) in [6.45, 7) is 2.11. The van der Waals surface area contributed by atoms with Gasteiger partial charge in [0.05, 0.1) is 12.1 Å². The molecule has 0 aromatic heterocycles. The van der Waals surface area contributed by atoms with Gasteiger partial charge < -0.3 is 21.1 Å². The molecular weight excluding hydrogens is 354 g/mol. The van der Waals surface area contributed by atoms with Gasteiger partial charge in [-0.15, -0.1) is 0 Å². The van der Waals surface area contributed by atoms with Crippen LogP contribution in [0.25, 0.3) is 0 Å². The minimum Gasteiger partial charge on any atom is -0.480 e. The number of carbonyl (C=O) groups is 3. The van der Waals surface area contributed by atoms with E-state index in [0.29, 0.717) is 18.1 Å². The molecule has 8 heteroatoms. The van der Waals surface area contributed by atoms with E-state index in [9.17, 15) is 19.5 Å². The molecule has 2 aliphatic rings. The van der Waals surface area contributed by atoms with E-state index in [2.05, 4.69) is 22.9 Å². The highest BCUT2D eigenvalue weighted by Gasteiger charge is 2.42. The van der Waals surface area contributed by atoms with E-state index in [1.54, 1.807) is 0 Å². The first-order valence-corrected chi connectivity index (χ1v) is 10.8. The zero-order valence-electron chi connectivity index (χ0n) is 15.5. The average Bonchev–Trinajstić information content (AvgIpc) is 3.13. The van der Waals surface area contributed by atoms with Crippen LogP contribution in [0.4, 0.5) is 4.79 Å². The first-order valence-electron chi connectivity index (χ1n) is 9.72. The number of carboxylic acids is 1. The zero-order chi connectivity index (χ0) is 18.9. The number of aliphatic carboxylic acids is 1. The summed E-state index contributed by atoms with van der Waals surface area (Å²) in [4.78, 5) is 34.7. The summed E-state index contributed by atoms with van der Waals surface area (Å²) >= 11 is 1.87. The lowest BCUT2D eigenvalue weighted by Gasteiger charge is -2.17. The van der Waals surface area contributed by atoms with Crippen LogP contribution in [-0.4, -0.2) is 52.1 Å². The molecule has 4 atom stereocenters. The predicted octanol–water partition coefficient (Wildman–Crippen LogP) is 2.25. The number of urea groups is 1. The lowest BCUT2D eigenvalue weighted by Crippen LogP contribution is -2.40. The highest BCUT2D eigenvalue weighted by molar-refractivity contribution is 8.00. The van der Waals surface area contributed by atoms with Crippen LogP contribution < -0.4 is 16.0 Å².